The molecule has 1 fully saturated rings. The second kappa shape index (κ2) is 4.35. The third kappa shape index (κ3) is 2.96. The highest BCUT2D eigenvalue weighted by Gasteiger charge is 2.40. The molecule has 0 aromatic heterocycles. The lowest BCUT2D eigenvalue weighted by Gasteiger charge is -2.46. The molecule has 1 aliphatic rings. The molecule has 0 unspecified atom stereocenters. The number of piperazine rings is 1. The standard InChI is InChI=1S/C13H25N3/c1-12(2,3)15-8-9-16(13(4,5)6)11(10-15)14-7/h11H,8-10H2,1-6H3/t11-/m1/s1. The molecule has 16 heavy (non-hydrogen) atoms. The summed E-state index contributed by atoms with van der Waals surface area (Å²) < 4.78 is 0. The topological polar surface area (TPSA) is 10.8 Å². The highest BCUT2D eigenvalue weighted by molar-refractivity contribution is 4.96. The molecule has 3 heteroatoms. The Bertz CT molecular complexity index is 277. The van der Waals surface area contributed by atoms with Gasteiger partial charge in [0.1, 0.15) is 0 Å². The van der Waals surface area contributed by atoms with Gasteiger partial charge in [-0.1, -0.05) is 0 Å². The molecule has 0 N–H and O–H groups in total. The molecular formula is C13H25N3. The van der Waals surface area contributed by atoms with Crippen LogP contribution in [0, 0.1) is 6.57 Å². The first-order chi connectivity index (χ1) is 7.16. The van der Waals surface area contributed by atoms with Gasteiger partial charge < -0.3 is 0 Å². The molecule has 0 aromatic rings. The maximum absolute atomic E-state index is 7.36. The van der Waals surface area contributed by atoms with E-state index in [-0.39, 0.29) is 17.2 Å². The van der Waals surface area contributed by atoms with Crippen LogP contribution in [0.3, 0.4) is 0 Å². The SMILES string of the molecule is [C-]#[N+][C@H]1CN(C(C)(C)C)CCN1C(C)(C)C. The summed E-state index contributed by atoms with van der Waals surface area (Å²) in [5.41, 5.74) is 0.270. The number of hydrogen-bond acceptors (Lipinski definition) is 2. The van der Waals surface area contributed by atoms with Crippen molar-refractivity contribution < 1.29 is 0 Å². The van der Waals surface area contributed by atoms with Crippen molar-refractivity contribution in [3.63, 3.8) is 0 Å². The maximum Gasteiger partial charge on any atom is 0.292 e. The van der Waals surface area contributed by atoms with Crippen LogP contribution < -0.4 is 0 Å². The Hall–Kier alpha value is -0.590. The fourth-order valence-corrected chi connectivity index (χ4v) is 2.27. The van der Waals surface area contributed by atoms with Crippen molar-refractivity contribution in [1.29, 1.82) is 0 Å². The predicted octanol–water partition coefficient (Wildman–Crippen LogP) is 2.45. The Morgan fingerprint density at radius 1 is 1.00 bits per heavy atom. The average molecular weight is 223 g/mol. The molecule has 1 atom stereocenters. The van der Waals surface area contributed by atoms with Crippen molar-refractivity contribution in [1.82, 2.24) is 9.80 Å². The number of nitrogens with zero attached hydrogens (tertiary/aromatic N) is 3. The second-order valence-corrected chi connectivity index (χ2v) is 6.59. The van der Waals surface area contributed by atoms with Crippen LogP contribution in [-0.4, -0.2) is 46.7 Å². The highest BCUT2D eigenvalue weighted by atomic mass is 15.4. The molecule has 0 spiro atoms. The summed E-state index contributed by atoms with van der Waals surface area (Å²) in [6.45, 7) is 23.5. The van der Waals surface area contributed by atoms with E-state index in [1.54, 1.807) is 0 Å². The van der Waals surface area contributed by atoms with Gasteiger partial charge in [-0.25, -0.2) is 11.5 Å². The zero-order chi connectivity index (χ0) is 12.6. The van der Waals surface area contributed by atoms with Crippen LogP contribution >= 0.6 is 0 Å². The normalized spacial score (nSPS) is 25.4. The molecule has 0 bridgehead atoms. The van der Waals surface area contributed by atoms with Gasteiger partial charge in [0.25, 0.3) is 6.17 Å². The van der Waals surface area contributed by atoms with Crippen LogP contribution in [0.15, 0.2) is 0 Å². The van der Waals surface area contributed by atoms with E-state index in [1.807, 2.05) is 0 Å². The number of hydrogen-bond donors (Lipinski definition) is 0. The molecule has 1 aliphatic heterocycles. The molecule has 1 heterocycles. The van der Waals surface area contributed by atoms with E-state index in [4.69, 9.17) is 6.57 Å². The van der Waals surface area contributed by atoms with E-state index in [1.165, 1.54) is 0 Å². The predicted molar refractivity (Wildman–Crippen MR) is 68.2 cm³/mol. The van der Waals surface area contributed by atoms with Crippen LogP contribution in [0.1, 0.15) is 41.5 Å². The molecule has 0 amide bonds. The van der Waals surface area contributed by atoms with Crippen LogP contribution in [0.4, 0.5) is 0 Å². The minimum Gasteiger partial charge on any atom is -0.295 e. The molecule has 0 saturated carbocycles. The van der Waals surface area contributed by atoms with E-state index >= 15 is 0 Å². The Balaban J connectivity index is 2.77. The lowest BCUT2D eigenvalue weighted by atomic mass is 10.00. The molecule has 92 valence electrons. The molecule has 0 radical (unpaired) electrons. The fourth-order valence-electron chi connectivity index (χ4n) is 2.27. The van der Waals surface area contributed by atoms with Crippen molar-refractivity contribution in [2.45, 2.75) is 58.8 Å². The van der Waals surface area contributed by atoms with Gasteiger partial charge >= 0.3 is 0 Å². The van der Waals surface area contributed by atoms with E-state index < -0.39 is 0 Å². The summed E-state index contributed by atoms with van der Waals surface area (Å²) in [5.74, 6) is 0. The highest BCUT2D eigenvalue weighted by Crippen LogP contribution is 2.25. The third-order valence-corrected chi connectivity index (χ3v) is 3.31. The molecular weight excluding hydrogens is 198 g/mol. The van der Waals surface area contributed by atoms with Crippen LogP contribution in [0.2, 0.25) is 0 Å². The van der Waals surface area contributed by atoms with Crippen molar-refractivity contribution in [3.05, 3.63) is 11.4 Å². The van der Waals surface area contributed by atoms with E-state index in [2.05, 4.69) is 56.2 Å². The molecule has 0 aromatic carbocycles. The zero-order valence-electron chi connectivity index (χ0n) is 11.5. The first-order valence-corrected chi connectivity index (χ1v) is 6.04. The summed E-state index contributed by atoms with van der Waals surface area (Å²) in [4.78, 5) is 8.53. The van der Waals surface area contributed by atoms with Crippen LogP contribution in [-0.2, 0) is 0 Å². The second-order valence-electron chi connectivity index (χ2n) is 6.59. The van der Waals surface area contributed by atoms with Gasteiger partial charge in [0.15, 0.2) is 0 Å². The Kier molecular flexibility index (Phi) is 3.66. The van der Waals surface area contributed by atoms with Gasteiger partial charge in [0.05, 0.1) is 6.54 Å². The number of rotatable bonds is 0. The Labute approximate surface area is 100 Å². The minimum atomic E-state index is 0.00738. The van der Waals surface area contributed by atoms with Gasteiger partial charge in [-0.05, 0) is 41.5 Å². The summed E-state index contributed by atoms with van der Waals surface area (Å²) in [5, 5.41) is 0. The Morgan fingerprint density at radius 3 is 1.94 bits per heavy atom. The van der Waals surface area contributed by atoms with Crippen molar-refractivity contribution in [2.24, 2.45) is 0 Å². The Morgan fingerprint density at radius 2 is 1.56 bits per heavy atom. The molecule has 0 aliphatic carbocycles. The first-order valence-electron chi connectivity index (χ1n) is 6.04. The van der Waals surface area contributed by atoms with Crippen LogP contribution in [0.25, 0.3) is 4.85 Å². The zero-order valence-corrected chi connectivity index (χ0v) is 11.5. The minimum absolute atomic E-state index is 0.00738. The lowest BCUT2D eigenvalue weighted by Crippen LogP contribution is -2.61. The van der Waals surface area contributed by atoms with E-state index in [0.717, 1.165) is 19.6 Å². The summed E-state index contributed by atoms with van der Waals surface area (Å²) in [7, 11) is 0. The van der Waals surface area contributed by atoms with Crippen molar-refractivity contribution in [2.75, 3.05) is 19.6 Å². The van der Waals surface area contributed by atoms with Crippen LogP contribution in [0.5, 0.6) is 0 Å². The van der Waals surface area contributed by atoms with E-state index in [9.17, 15) is 0 Å². The quantitative estimate of drug-likeness (QED) is 0.584. The van der Waals surface area contributed by atoms with Gasteiger partial charge in [-0.3, -0.25) is 9.74 Å². The lowest BCUT2D eigenvalue weighted by molar-refractivity contribution is -0.00616. The van der Waals surface area contributed by atoms with Crippen molar-refractivity contribution >= 4 is 0 Å². The molecule has 1 rings (SSSR count). The molecule has 1 saturated heterocycles. The maximum atomic E-state index is 7.36. The summed E-state index contributed by atoms with van der Waals surface area (Å²) in [6.07, 6.45) is 0.00738. The van der Waals surface area contributed by atoms with E-state index in [0.29, 0.717) is 0 Å². The smallest absolute Gasteiger partial charge is 0.292 e. The van der Waals surface area contributed by atoms with Gasteiger partial charge in [0.2, 0.25) is 0 Å². The van der Waals surface area contributed by atoms with Gasteiger partial charge in [-0.2, -0.15) is 0 Å². The summed E-state index contributed by atoms with van der Waals surface area (Å²) >= 11 is 0. The van der Waals surface area contributed by atoms with Gasteiger partial charge in [0, 0.05) is 24.2 Å². The average Bonchev–Trinajstić information content (AvgIpc) is 2.14. The van der Waals surface area contributed by atoms with Crippen molar-refractivity contribution in [3.8, 4) is 0 Å². The van der Waals surface area contributed by atoms with Gasteiger partial charge in [-0.15, -0.1) is 0 Å². The largest absolute Gasteiger partial charge is 0.295 e. The first kappa shape index (κ1) is 13.5. The molecule has 3 nitrogen and oxygen atoms in total. The third-order valence-electron chi connectivity index (χ3n) is 3.31. The fraction of sp³-hybridized carbons (Fsp3) is 0.923. The monoisotopic (exact) mass is 223 g/mol. The summed E-state index contributed by atoms with van der Waals surface area (Å²) in [6, 6.07) is 0.